The third-order valence-electron chi connectivity index (χ3n) is 5.46. The highest BCUT2D eigenvalue weighted by molar-refractivity contribution is 7.22. The zero-order valence-electron chi connectivity index (χ0n) is 20.0. The average Bonchev–Trinajstić information content (AvgIpc) is 3.41. The molecule has 3 N–H and O–H groups in total. The van der Waals surface area contributed by atoms with Crippen molar-refractivity contribution in [3.8, 4) is 16.2 Å². The van der Waals surface area contributed by atoms with Crippen LogP contribution in [0.5, 0.6) is 5.75 Å². The van der Waals surface area contributed by atoms with Gasteiger partial charge in [0.25, 0.3) is 5.91 Å². The van der Waals surface area contributed by atoms with Gasteiger partial charge < -0.3 is 20.6 Å². The molecule has 0 saturated heterocycles. The van der Waals surface area contributed by atoms with Crippen LogP contribution in [0.4, 0.5) is 19.0 Å². The van der Waals surface area contributed by atoms with E-state index in [1.54, 1.807) is 17.8 Å². The standard InChI is InChI=1S/C23H23F3N6O4S/c1-12-6-14-8-17(37-20(14)16(7-12)35-3)18-15(10-31-19(18)21(27)29-11-30-31)9-28-4-5-32(13(2)33)36-22(34)23(24,25)26/h6-8,10-11,28H,4-5,9H2,1-3H3,(H2,27,29,30). The number of nitrogens with one attached hydrogen (secondary N) is 1. The minimum Gasteiger partial charge on any atom is -0.495 e. The van der Waals surface area contributed by atoms with E-state index in [2.05, 4.69) is 20.2 Å². The number of anilines is 1. The lowest BCUT2D eigenvalue weighted by Crippen LogP contribution is -2.40. The zero-order valence-corrected chi connectivity index (χ0v) is 20.9. The molecule has 1 amide bonds. The highest BCUT2D eigenvalue weighted by Gasteiger charge is 2.43. The molecule has 3 aromatic heterocycles. The molecular weight excluding hydrogens is 513 g/mol. The summed E-state index contributed by atoms with van der Waals surface area (Å²) in [5.74, 6) is -2.28. The Kier molecular flexibility index (Phi) is 7.23. The number of halogens is 3. The molecule has 0 saturated carbocycles. The van der Waals surface area contributed by atoms with Gasteiger partial charge in [0, 0.05) is 36.7 Å². The van der Waals surface area contributed by atoms with Crippen molar-refractivity contribution < 1.29 is 32.3 Å². The highest BCUT2D eigenvalue weighted by Crippen LogP contribution is 2.43. The van der Waals surface area contributed by atoms with Gasteiger partial charge >= 0.3 is 12.1 Å². The molecule has 0 bridgehead atoms. The van der Waals surface area contributed by atoms with Gasteiger partial charge in [0.1, 0.15) is 17.6 Å². The summed E-state index contributed by atoms with van der Waals surface area (Å²) in [6.07, 6.45) is -2.11. The fraction of sp³-hybridized carbons (Fsp3) is 0.304. The summed E-state index contributed by atoms with van der Waals surface area (Å²) in [6, 6.07) is 6.02. The number of fused-ring (bicyclic) bond motifs is 2. The number of methoxy groups -OCH3 is 1. The minimum atomic E-state index is -5.21. The SMILES string of the molecule is COc1cc(C)cc2cc(-c3c(CNCCN(OC(=O)C(F)(F)F)C(C)=O)cn4ncnc(N)c34)sc12. The molecule has 4 aromatic rings. The second-order valence-electron chi connectivity index (χ2n) is 8.14. The van der Waals surface area contributed by atoms with Gasteiger partial charge in [-0.2, -0.15) is 23.3 Å². The second-order valence-corrected chi connectivity index (χ2v) is 9.19. The van der Waals surface area contributed by atoms with Crippen molar-refractivity contribution in [1.29, 1.82) is 0 Å². The molecule has 0 aliphatic carbocycles. The largest absolute Gasteiger partial charge is 0.495 e. The topological polar surface area (TPSA) is 124 Å². The van der Waals surface area contributed by atoms with Crippen molar-refractivity contribution >= 4 is 44.6 Å². The molecule has 0 fully saturated rings. The van der Waals surface area contributed by atoms with Gasteiger partial charge in [-0.25, -0.2) is 14.3 Å². The number of carbonyl (C=O) groups is 2. The summed E-state index contributed by atoms with van der Waals surface area (Å²) in [7, 11) is 1.61. The lowest BCUT2D eigenvalue weighted by molar-refractivity contribution is -0.236. The third-order valence-corrected chi connectivity index (χ3v) is 6.64. The number of nitrogens with zero attached hydrogens (tertiary/aromatic N) is 4. The number of thiophene rings is 1. The molecule has 37 heavy (non-hydrogen) atoms. The van der Waals surface area contributed by atoms with Gasteiger partial charge in [0.15, 0.2) is 5.82 Å². The van der Waals surface area contributed by atoms with Crippen LogP contribution in [-0.4, -0.2) is 57.9 Å². The number of nitrogen functional groups attached to an aromatic ring is 1. The van der Waals surface area contributed by atoms with Crippen LogP contribution in [0.25, 0.3) is 26.0 Å². The first-order chi connectivity index (χ1) is 17.5. The Bertz CT molecular complexity index is 1480. The lowest BCUT2D eigenvalue weighted by Gasteiger charge is -2.20. The van der Waals surface area contributed by atoms with E-state index in [9.17, 15) is 22.8 Å². The lowest BCUT2D eigenvalue weighted by atomic mass is 10.1. The third kappa shape index (κ3) is 5.44. The number of hydroxylamine groups is 2. The van der Waals surface area contributed by atoms with Crippen LogP contribution in [0.2, 0.25) is 0 Å². The van der Waals surface area contributed by atoms with E-state index in [-0.39, 0.29) is 25.5 Å². The molecule has 196 valence electrons. The molecule has 0 aliphatic rings. The van der Waals surface area contributed by atoms with Crippen molar-refractivity contribution in [2.75, 3.05) is 25.9 Å². The summed E-state index contributed by atoms with van der Waals surface area (Å²) in [5, 5.41) is 8.67. The molecule has 14 heteroatoms. The van der Waals surface area contributed by atoms with Gasteiger partial charge in [-0.3, -0.25) is 4.79 Å². The monoisotopic (exact) mass is 536 g/mol. The number of aryl methyl sites for hydroxylation is 1. The molecule has 0 aliphatic heterocycles. The highest BCUT2D eigenvalue weighted by atomic mass is 32.1. The van der Waals surface area contributed by atoms with Crippen molar-refractivity contribution in [3.63, 3.8) is 0 Å². The van der Waals surface area contributed by atoms with E-state index in [1.165, 1.54) is 17.7 Å². The van der Waals surface area contributed by atoms with Gasteiger partial charge in [0.2, 0.25) is 0 Å². The van der Waals surface area contributed by atoms with Crippen LogP contribution in [0, 0.1) is 6.92 Å². The van der Waals surface area contributed by atoms with E-state index in [0.717, 1.165) is 44.3 Å². The van der Waals surface area contributed by atoms with Crippen LogP contribution in [0.15, 0.2) is 30.7 Å². The number of aromatic nitrogens is 3. The quantitative estimate of drug-likeness (QED) is 0.272. The van der Waals surface area contributed by atoms with Crippen molar-refractivity contribution in [2.24, 2.45) is 0 Å². The molecular formula is C23H23F3N6O4S. The number of alkyl halides is 3. The van der Waals surface area contributed by atoms with Crippen molar-refractivity contribution in [1.82, 2.24) is 25.0 Å². The summed E-state index contributed by atoms with van der Waals surface area (Å²) in [6.45, 7) is 2.98. The van der Waals surface area contributed by atoms with E-state index in [1.807, 2.05) is 25.1 Å². The average molecular weight is 537 g/mol. The van der Waals surface area contributed by atoms with E-state index < -0.39 is 18.1 Å². The van der Waals surface area contributed by atoms with Crippen LogP contribution in [0.3, 0.4) is 0 Å². The Morgan fingerprint density at radius 3 is 2.70 bits per heavy atom. The fourth-order valence-electron chi connectivity index (χ4n) is 3.86. The number of hydrogen-bond acceptors (Lipinski definition) is 9. The molecule has 0 unspecified atom stereocenters. The smallest absolute Gasteiger partial charge is 0.493 e. The molecule has 0 atom stereocenters. The van der Waals surface area contributed by atoms with Crippen LogP contribution in [0.1, 0.15) is 18.1 Å². The first-order valence-corrected chi connectivity index (χ1v) is 11.8. The number of nitrogens with two attached hydrogens (primary N) is 1. The Morgan fingerprint density at radius 1 is 1.27 bits per heavy atom. The molecule has 1 aromatic carbocycles. The van der Waals surface area contributed by atoms with E-state index >= 15 is 0 Å². The maximum absolute atomic E-state index is 12.5. The number of hydrogen-bond donors (Lipinski definition) is 2. The minimum absolute atomic E-state index is 0.0386. The number of benzene rings is 1. The summed E-state index contributed by atoms with van der Waals surface area (Å²) in [5.41, 5.74) is 9.42. The van der Waals surface area contributed by atoms with Crippen LogP contribution < -0.4 is 15.8 Å². The van der Waals surface area contributed by atoms with Crippen molar-refractivity contribution in [2.45, 2.75) is 26.6 Å². The Morgan fingerprint density at radius 2 is 2.03 bits per heavy atom. The number of carbonyl (C=O) groups excluding carboxylic acids is 2. The molecule has 3 heterocycles. The van der Waals surface area contributed by atoms with Gasteiger partial charge in [-0.15, -0.1) is 11.3 Å². The molecule has 10 nitrogen and oxygen atoms in total. The van der Waals surface area contributed by atoms with Crippen molar-refractivity contribution in [3.05, 3.63) is 41.9 Å². The Labute approximate surface area is 212 Å². The van der Waals surface area contributed by atoms with Gasteiger partial charge in [-0.1, -0.05) is 6.07 Å². The number of rotatable bonds is 7. The predicted molar refractivity (Wildman–Crippen MR) is 131 cm³/mol. The second kappa shape index (κ2) is 10.2. The first kappa shape index (κ1) is 26.2. The summed E-state index contributed by atoms with van der Waals surface area (Å²) in [4.78, 5) is 31.9. The van der Waals surface area contributed by atoms with E-state index in [0.29, 0.717) is 10.6 Å². The molecule has 4 rings (SSSR count). The molecule has 0 spiro atoms. The number of amides is 1. The fourth-order valence-corrected chi connectivity index (χ4v) is 5.07. The van der Waals surface area contributed by atoms with Crippen LogP contribution >= 0.6 is 11.3 Å². The van der Waals surface area contributed by atoms with Crippen LogP contribution in [-0.2, 0) is 21.0 Å². The normalized spacial score (nSPS) is 11.7. The summed E-state index contributed by atoms with van der Waals surface area (Å²) < 4.78 is 45.7. The predicted octanol–water partition coefficient (Wildman–Crippen LogP) is 3.47. The molecule has 0 radical (unpaired) electrons. The Hall–Kier alpha value is -3.91. The number of ether oxygens (including phenoxy) is 1. The first-order valence-electron chi connectivity index (χ1n) is 11.0. The summed E-state index contributed by atoms with van der Waals surface area (Å²) >= 11 is 1.52. The maximum atomic E-state index is 12.5. The maximum Gasteiger partial charge on any atom is 0.493 e. The van der Waals surface area contributed by atoms with E-state index in [4.69, 9.17) is 10.5 Å². The zero-order chi connectivity index (χ0) is 26.9. The van der Waals surface area contributed by atoms with Gasteiger partial charge in [0.05, 0.1) is 18.4 Å². The van der Waals surface area contributed by atoms with Gasteiger partial charge in [-0.05, 0) is 35.6 Å². The Balaban J connectivity index is 1.60.